The largest absolute Gasteiger partial charge is 0.490 e. The van der Waals surface area contributed by atoms with E-state index in [1.807, 2.05) is 0 Å². The average molecular weight is 236 g/mol. The van der Waals surface area contributed by atoms with Crippen LogP contribution in [0.15, 0.2) is 18.2 Å². The molecular formula is C10H8F4O2. The van der Waals surface area contributed by atoms with Gasteiger partial charge in [-0.05, 0) is 18.2 Å². The van der Waals surface area contributed by atoms with E-state index >= 15 is 0 Å². The van der Waals surface area contributed by atoms with Crippen molar-refractivity contribution < 1.29 is 27.1 Å². The molecule has 0 unspecified atom stereocenters. The Hall–Kier alpha value is -1.59. The molecule has 0 radical (unpaired) electrons. The first-order valence-corrected chi connectivity index (χ1v) is 4.34. The third kappa shape index (κ3) is 2.95. The normalized spacial score (nSPS) is 11.2. The average Bonchev–Trinajstić information content (AvgIpc) is 2.25. The summed E-state index contributed by atoms with van der Waals surface area (Å²) in [5.74, 6) is -0.476. The SMILES string of the molecule is O=Cc1ccc(OCCF)c(C(F)(F)F)c1. The van der Waals surface area contributed by atoms with E-state index in [-0.39, 0.29) is 5.56 Å². The molecule has 16 heavy (non-hydrogen) atoms. The second kappa shape index (κ2) is 4.96. The van der Waals surface area contributed by atoms with Gasteiger partial charge in [0.15, 0.2) is 0 Å². The first kappa shape index (κ1) is 12.5. The molecule has 0 atom stereocenters. The molecule has 0 aliphatic carbocycles. The van der Waals surface area contributed by atoms with Crippen LogP contribution in [0, 0.1) is 0 Å². The van der Waals surface area contributed by atoms with Gasteiger partial charge in [0.05, 0.1) is 5.56 Å². The molecule has 0 saturated heterocycles. The second-order valence-electron chi connectivity index (χ2n) is 2.91. The summed E-state index contributed by atoms with van der Waals surface area (Å²) in [5, 5.41) is 0. The van der Waals surface area contributed by atoms with Gasteiger partial charge >= 0.3 is 6.18 Å². The molecule has 0 fully saturated rings. The van der Waals surface area contributed by atoms with Gasteiger partial charge in [0, 0.05) is 5.56 Å². The highest BCUT2D eigenvalue weighted by molar-refractivity contribution is 5.75. The van der Waals surface area contributed by atoms with Crippen LogP contribution in [0.2, 0.25) is 0 Å². The maximum Gasteiger partial charge on any atom is 0.419 e. The highest BCUT2D eigenvalue weighted by atomic mass is 19.4. The lowest BCUT2D eigenvalue weighted by Gasteiger charge is -2.13. The molecule has 0 saturated carbocycles. The van der Waals surface area contributed by atoms with Crippen LogP contribution in [-0.2, 0) is 6.18 Å². The zero-order valence-corrected chi connectivity index (χ0v) is 8.05. The van der Waals surface area contributed by atoms with Crippen LogP contribution in [0.25, 0.3) is 0 Å². The molecule has 6 heteroatoms. The Morgan fingerprint density at radius 1 is 1.31 bits per heavy atom. The molecule has 0 amide bonds. The minimum absolute atomic E-state index is 0.111. The minimum Gasteiger partial charge on any atom is -0.490 e. The number of hydrogen-bond acceptors (Lipinski definition) is 2. The predicted octanol–water partition coefficient (Wildman–Crippen LogP) is 2.87. The molecule has 0 aromatic heterocycles. The number of carbonyl (C=O) groups is 1. The van der Waals surface area contributed by atoms with Gasteiger partial charge in [-0.1, -0.05) is 0 Å². The van der Waals surface area contributed by atoms with Crippen molar-refractivity contribution in [3.8, 4) is 5.75 Å². The fourth-order valence-electron chi connectivity index (χ4n) is 1.12. The van der Waals surface area contributed by atoms with Crippen molar-refractivity contribution in [1.82, 2.24) is 0 Å². The Morgan fingerprint density at radius 2 is 2.00 bits per heavy atom. The molecule has 2 nitrogen and oxygen atoms in total. The van der Waals surface area contributed by atoms with Gasteiger partial charge in [-0.2, -0.15) is 13.2 Å². The summed E-state index contributed by atoms with van der Waals surface area (Å²) in [6, 6.07) is 2.85. The van der Waals surface area contributed by atoms with E-state index in [9.17, 15) is 22.4 Å². The van der Waals surface area contributed by atoms with Crippen LogP contribution in [0.4, 0.5) is 17.6 Å². The Kier molecular flexibility index (Phi) is 3.87. The quantitative estimate of drug-likeness (QED) is 0.593. The summed E-state index contributed by atoms with van der Waals surface area (Å²) in [7, 11) is 0. The number of carbonyl (C=O) groups excluding carboxylic acids is 1. The molecule has 0 aliphatic rings. The van der Waals surface area contributed by atoms with Crippen molar-refractivity contribution in [2.75, 3.05) is 13.3 Å². The number of aldehydes is 1. The number of alkyl halides is 4. The topological polar surface area (TPSA) is 26.3 Å². The highest BCUT2D eigenvalue weighted by Gasteiger charge is 2.34. The van der Waals surface area contributed by atoms with Crippen LogP contribution < -0.4 is 4.74 Å². The number of halogens is 4. The van der Waals surface area contributed by atoms with Gasteiger partial charge < -0.3 is 4.74 Å². The molecule has 1 aromatic carbocycles. The molecule has 1 rings (SSSR count). The smallest absolute Gasteiger partial charge is 0.419 e. The van der Waals surface area contributed by atoms with Gasteiger partial charge in [-0.3, -0.25) is 4.79 Å². The molecule has 88 valence electrons. The summed E-state index contributed by atoms with van der Waals surface area (Å²) in [4.78, 5) is 10.3. The van der Waals surface area contributed by atoms with Crippen LogP contribution in [-0.4, -0.2) is 19.6 Å². The molecule has 0 N–H and O–H groups in total. The van der Waals surface area contributed by atoms with E-state index in [4.69, 9.17) is 0 Å². The Balaban J connectivity index is 3.11. The standard InChI is InChI=1S/C10H8F4O2/c11-3-4-16-9-2-1-7(6-15)5-8(9)10(12,13)14/h1-2,5-6H,3-4H2. The molecule has 0 heterocycles. The number of hydrogen-bond donors (Lipinski definition) is 0. The van der Waals surface area contributed by atoms with Crippen molar-refractivity contribution in [3.05, 3.63) is 29.3 Å². The molecular weight excluding hydrogens is 228 g/mol. The third-order valence-electron chi connectivity index (χ3n) is 1.78. The summed E-state index contributed by atoms with van der Waals surface area (Å²) < 4.78 is 53.9. The van der Waals surface area contributed by atoms with E-state index < -0.39 is 30.8 Å². The van der Waals surface area contributed by atoms with Crippen molar-refractivity contribution in [3.63, 3.8) is 0 Å². The summed E-state index contributed by atoms with van der Waals surface area (Å²) >= 11 is 0. The number of ether oxygens (including phenoxy) is 1. The van der Waals surface area contributed by atoms with E-state index in [0.717, 1.165) is 6.07 Å². The summed E-state index contributed by atoms with van der Waals surface area (Å²) in [6.45, 7) is -1.34. The van der Waals surface area contributed by atoms with Gasteiger partial charge in [-0.25, -0.2) is 4.39 Å². The highest BCUT2D eigenvalue weighted by Crippen LogP contribution is 2.36. The van der Waals surface area contributed by atoms with Crippen molar-refractivity contribution in [2.45, 2.75) is 6.18 Å². The van der Waals surface area contributed by atoms with E-state index in [1.54, 1.807) is 0 Å². The zero-order valence-electron chi connectivity index (χ0n) is 8.05. The van der Waals surface area contributed by atoms with Crippen molar-refractivity contribution in [2.24, 2.45) is 0 Å². The maximum atomic E-state index is 12.5. The zero-order chi connectivity index (χ0) is 12.2. The number of benzene rings is 1. The fourth-order valence-corrected chi connectivity index (χ4v) is 1.12. The molecule has 1 aromatic rings. The molecule has 0 spiro atoms. The van der Waals surface area contributed by atoms with E-state index in [1.165, 1.54) is 6.07 Å². The Bertz CT molecular complexity index is 374. The van der Waals surface area contributed by atoms with E-state index in [0.29, 0.717) is 12.4 Å². The van der Waals surface area contributed by atoms with Crippen molar-refractivity contribution in [1.29, 1.82) is 0 Å². The number of rotatable bonds is 4. The third-order valence-corrected chi connectivity index (χ3v) is 1.78. The van der Waals surface area contributed by atoms with E-state index in [2.05, 4.69) is 4.74 Å². The van der Waals surface area contributed by atoms with Gasteiger partial charge in [0.1, 0.15) is 25.3 Å². The monoisotopic (exact) mass is 236 g/mol. The van der Waals surface area contributed by atoms with Gasteiger partial charge in [0.25, 0.3) is 0 Å². The Labute approximate surface area is 88.8 Å². The minimum atomic E-state index is -4.63. The lowest BCUT2D eigenvalue weighted by Crippen LogP contribution is -2.10. The first-order valence-electron chi connectivity index (χ1n) is 4.34. The Morgan fingerprint density at radius 3 is 2.50 bits per heavy atom. The predicted molar refractivity (Wildman–Crippen MR) is 48.3 cm³/mol. The first-order chi connectivity index (χ1) is 7.49. The fraction of sp³-hybridized carbons (Fsp3) is 0.300. The van der Waals surface area contributed by atoms with Crippen LogP contribution in [0.5, 0.6) is 5.75 Å². The van der Waals surface area contributed by atoms with Crippen molar-refractivity contribution >= 4 is 6.29 Å². The van der Waals surface area contributed by atoms with Gasteiger partial charge in [0.2, 0.25) is 0 Å². The van der Waals surface area contributed by atoms with Crippen LogP contribution in [0.1, 0.15) is 15.9 Å². The van der Waals surface area contributed by atoms with Crippen LogP contribution >= 0.6 is 0 Å². The molecule has 0 bridgehead atoms. The lowest BCUT2D eigenvalue weighted by atomic mass is 10.1. The lowest BCUT2D eigenvalue weighted by molar-refractivity contribution is -0.139. The van der Waals surface area contributed by atoms with Crippen LogP contribution in [0.3, 0.4) is 0 Å². The molecule has 0 aliphatic heterocycles. The van der Waals surface area contributed by atoms with Gasteiger partial charge in [-0.15, -0.1) is 0 Å². The maximum absolute atomic E-state index is 12.5. The summed E-state index contributed by atoms with van der Waals surface area (Å²) in [6.07, 6.45) is -4.33. The summed E-state index contributed by atoms with van der Waals surface area (Å²) in [5.41, 5.74) is -1.19. The second-order valence-corrected chi connectivity index (χ2v) is 2.91.